The molecule has 2 aliphatic heterocycles. The van der Waals surface area contributed by atoms with Gasteiger partial charge in [0.2, 0.25) is 0 Å². The van der Waals surface area contributed by atoms with E-state index in [0.717, 1.165) is 6.42 Å². The minimum atomic E-state index is -0.0975. The number of amides is 3. The summed E-state index contributed by atoms with van der Waals surface area (Å²) in [5.41, 5.74) is 0.420. The minimum Gasteiger partial charge on any atom is -0.335 e. The number of hydrogen-bond donors (Lipinski definition) is 1. The van der Waals surface area contributed by atoms with Gasteiger partial charge < -0.3 is 15.1 Å². The van der Waals surface area contributed by atoms with Crippen molar-refractivity contribution in [3.05, 3.63) is 28.5 Å². The molecule has 7 heteroatoms. The van der Waals surface area contributed by atoms with Crippen molar-refractivity contribution in [3.8, 4) is 0 Å². The molecule has 0 unspecified atom stereocenters. The van der Waals surface area contributed by atoms with E-state index in [1.165, 1.54) is 0 Å². The predicted molar refractivity (Wildman–Crippen MR) is 76.3 cm³/mol. The molecule has 0 radical (unpaired) electrons. The molecule has 0 aromatic carbocycles. The lowest BCUT2D eigenvalue weighted by Gasteiger charge is -2.35. The molecule has 2 saturated heterocycles. The maximum Gasteiger partial charge on any atom is 0.317 e. The van der Waals surface area contributed by atoms with Crippen molar-refractivity contribution >= 4 is 27.9 Å². The molecule has 106 valence electrons. The second kappa shape index (κ2) is 5.05. The quantitative estimate of drug-likeness (QED) is 0.833. The molecule has 1 N–H and O–H groups in total. The number of nitrogens with one attached hydrogen (secondary N) is 1. The lowest BCUT2D eigenvalue weighted by molar-refractivity contribution is 0.0659. The van der Waals surface area contributed by atoms with Crippen LogP contribution in [0.15, 0.2) is 22.8 Å². The molecule has 6 nitrogen and oxygen atoms in total. The highest BCUT2D eigenvalue weighted by molar-refractivity contribution is 9.10. The summed E-state index contributed by atoms with van der Waals surface area (Å²) in [4.78, 5) is 31.7. The zero-order valence-corrected chi connectivity index (χ0v) is 12.6. The third-order valence-corrected chi connectivity index (χ3v) is 4.59. The van der Waals surface area contributed by atoms with Crippen LogP contribution in [0.1, 0.15) is 16.9 Å². The van der Waals surface area contributed by atoms with Gasteiger partial charge in [0.25, 0.3) is 5.91 Å². The van der Waals surface area contributed by atoms with Gasteiger partial charge in [-0.1, -0.05) is 0 Å². The van der Waals surface area contributed by atoms with Gasteiger partial charge in [-0.15, -0.1) is 0 Å². The third-order valence-electron chi connectivity index (χ3n) is 3.95. The molecule has 0 bridgehead atoms. The van der Waals surface area contributed by atoms with Crippen molar-refractivity contribution < 1.29 is 9.59 Å². The largest absolute Gasteiger partial charge is 0.335 e. The number of likely N-dealkylation sites (tertiary alicyclic amines) is 1. The van der Waals surface area contributed by atoms with E-state index in [-0.39, 0.29) is 24.0 Å². The Morgan fingerprint density at radius 2 is 2.35 bits per heavy atom. The lowest BCUT2D eigenvalue weighted by Crippen LogP contribution is -2.52. The first-order valence-electron chi connectivity index (χ1n) is 6.51. The SMILES string of the molecule is CN1C(=O)N[C@@H]2CN(C(=O)c3ncccc3Br)CC[C@@H]21. The highest BCUT2D eigenvalue weighted by Gasteiger charge is 2.42. The number of hydrogen-bond acceptors (Lipinski definition) is 3. The van der Waals surface area contributed by atoms with E-state index >= 15 is 0 Å². The van der Waals surface area contributed by atoms with Crippen molar-refractivity contribution in [1.82, 2.24) is 20.1 Å². The van der Waals surface area contributed by atoms with Gasteiger partial charge in [0, 0.05) is 30.8 Å². The van der Waals surface area contributed by atoms with Crippen molar-refractivity contribution in [2.75, 3.05) is 20.1 Å². The maximum absolute atomic E-state index is 12.5. The molecule has 0 spiro atoms. The van der Waals surface area contributed by atoms with Crippen LogP contribution < -0.4 is 5.32 Å². The van der Waals surface area contributed by atoms with Gasteiger partial charge in [0.1, 0.15) is 5.69 Å². The van der Waals surface area contributed by atoms with E-state index < -0.39 is 0 Å². The third kappa shape index (κ3) is 2.15. The smallest absolute Gasteiger partial charge is 0.317 e. The minimum absolute atomic E-state index is 0.00712. The highest BCUT2D eigenvalue weighted by atomic mass is 79.9. The number of likely N-dealkylation sites (N-methyl/N-ethyl adjacent to an activating group) is 1. The van der Waals surface area contributed by atoms with E-state index in [4.69, 9.17) is 0 Å². The fourth-order valence-corrected chi connectivity index (χ4v) is 3.26. The summed E-state index contributed by atoms with van der Waals surface area (Å²) in [6.45, 7) is 1.17. The van der Waals surface area contributed by atoms with Crippen molar-refractivity contribution in [1.29, 1.82) is 0 Å². The maximum atomic E-state index is 12.5. The average Bonchev–Trinajstić information content (AvgIpc) is 2.73. The van der Waals surface area contributed by atoms with Crippen LogP contribution in [0.3, 0.4) is 0 Å². The van der Waals surface area contributed by atoms with Gasteiger partial charge in [0.05, 0.1) is 12.1 Å². The van der Waals surface area contributed by atoms with Crippen LogP contribution in [-0.2, 0) is 0 Å². The number of rotatable bonds is 1. The van der Waals surface area contributed by atoms with Gasteiger partial charge in [0.15, 0.2) is 0 Å². The van der Waals surface area contributed by atoms with E-state index in [9.17, 15) is 9.59 Å². The van der Waals surface area contributed by atoms with Crippen LogP contribution in [0, 0.1) is 0 Å². The fourth-order valence-electron chi connectivity index (χ4n) is 2.83. The fraction of sp³-hybridized carbons (Fsp3) is 0.462. The summed E-state index contributed by atoms with van der Waals surface area (Å²) in [6, 6.07) is 3.71. The Hall–Kier alpha value is -1.63. The van der Waals surface area contributed by atoms with Crippen LogP contribution in [-0.4, -0.2) is 58.9 Å². The molecule has 0 saturated carbocycles. The second-order valence-electron chi connectivity index (χ2n) is 5.11. The molecule has 2 atom stereocenters. The van der Waals surface area contributed by atoms with Crippen LogP contribution in [0.25, 0.3) is 0 Å². The Balaban J connectivity index is 1.76. The lowest BCUT2D eigenvalue weighted by atomic mass is 10.00. The van der Waals surface area contributed by atoms with Gasteiger partial charge in [-0.3, -0.25) is 4.79 Å². The first kappa shape index (κ1) is 13.4. The number of piperidine rings is 1. The number of fused-ring (bicyclic) bond motifs is 1. The van der Waals surface area contributed by atoms with Crippen LogP contribution in [0.4, 0.5) is 4.79 Å². The Morgan fingerprint density at radius 3 is 3.10 bits per heavy atom. The Labute approximate surface area is 125 Å². The van der Waals surface area contributed by atoms with Crippen molar-refractivity contribution in [2.24, 2.45) is 0 Å². The zero-order valence-electron chi connectivity index (χ0n) is 11.0. The number of carbonyl (C=O) groups is 2. The van der Waals surface area contributed by atoms with Crippen LogP contribution in [0.2, 0.25) is 0 Å². The standard InChI is InChI=1S/C13H15BrN4O2/c1-17-10-4-6-18(7-9(10)16-13(17)20)12(19)11-8(14)3-2-5-15-11/h2-3,5,9-10H,4,6-7H2,1H3,(H,16,20)/t9-,10+/m1/s1. The highest BCUT2D eigenvalue weighted by Crippen LogP contribution is 2.23. The molecule has 0 aliphatic carbocycles. The monoisotopic (exact) mass is 338 g/mol. The molecule has 2 fully saturated rings. The Kier molecular flexibility index (Phi) is 3.37. The topological polar surface area (TPSA) is 65.5 Å². The molecule has 1 aromatic heterocycles. The number of nitrogens with zero attached hydrogens (tertiary/aromatic N) is 3. The summed E-state index contributed by atoms with van der Waals surface area (Å²) in [6.07, 6.45) is 2.39. The number of urea groups is 1. The average molecular weight is 339 g/mol. The van der Waals surface area contributed by atoms with E-state index in [0.29, 0.717) is 23.3 Å². The first-order valence-corrected chi connectivity index (χ1v) is 7.30. The van der Waals surface area contributed by atoms with Gasteiger partial charge in [-0.25, -0.2) is 9.78 Å². The molecular weight excluding hydrogens is 324 g/mol. The Bertz CT molecular complexity index is 565. The van der Waals surface area contributed by atoms with Gasteiger partial charge >= 0.3 is 6.03 Å². The molecule has 20 heavy (non-hydrogen) atoms. The summed E-state index contributed by atoms with van der Waals surface area (Å²) in [7, 11) is 1.80. The molecule has 2 aliphatic rings. The van der Waals surface area contributed by atoms with E-state index in [2.05, 4.69) is 26.2 Å². The summed E-state index contributed by atoms with van der Waals surface area (Å²) in [5.74, 6) is -0.0975. The van der Waals surface area contributed by atoms with Crippen molar-refractivity contribution in [3.63, 3.8) is 0 Å². The van der Waals surface area contributed by atoms with Crippen LogP contribution in [0.5, 0.6) is 0 Å². The molecule has 3 rings (SSSR count). The van der Waals surface area contributed by atoms with E-state index in [1.54, 1.807) is 35.2 Å². The molecular formula is C13H15BrN4O2. The normalized spacial score (nSPS) is 25.4. The first-order chi connectivity index (χ1) is 9.58. The van der Waals surface area contributed by atoms with Gasteiger partial charge in [-0.2, -0.15) is 0 Å². The summed E-state index contributed by atoms with van der Waals surface area (Å²) >= 11 is 3.35. The number of pyridine rings is 1. The van der Waals surface area contributed by atoms with Crippen LogP contribution >= 0.6 is 15.9 Å². The number of aromatic nitrogens is 1. The Morgan fingerprint density at radius 1 is 1.55 bits per heavy atom. The zero-order chi connectivity index (χ0) is 14.3. The predicted octanol–water partition coefficient (Wildman–Crippen LogP) is 1.08. The molecule has 1 aromatic rings. The number of halogens is 1. The summed E-state index contributed by atoms with van der Waals surface area (Å²) < 4.78 is 0.694. The number of carbonyl (C=O) groups excluding carboxylic acids is 2. The van der Waals surface area contributed by atoms with Crippen molar-refractivity contribution in [2.45, 2.75) is 18.5 Å². The van der Waals surface area contributed by atoms with E-state index in [1.807, 2.05) is 0 Å². The summed E-state index contributed by atoms with van der Waals surface area (Å²) in [5, 5.41) is 2.92. The second-order valence-corrected chi connectivity index (χ2v) is 5.96. The molecule has 3 heterocycles. The molecule has 3 amide bonds. The van der Waals surface area contributed by atoms with Gasteiger partial charge in [-0.05, 0) is 34.5 Å².